The summed E-state index contributed by atoms with van der Waals surface area (Å²) in [5.74, 6) is -0.853. The van der Waals surface area contributed by atoms with Gasteiger partial charge in [-0.05, 0) is 44.2 Å². The molecule has 1 aliphatic rings. The molecule has 0 aromatic heterocycles. The minimum Gasteiger partial charge on any atom is -0.508 e. The molecular formula is C18H24O4. The fraction of sp³-hybridized carbons (Fsp3) is 0.500. The smallest absolute Gasteiger partial charge is 0.342 e. The van der Waals surface area contributed by atoms with Crippen LogP contribution in [0.1, 0.15) is 67.8 Å². The number of benzene rings is 1. The molecule has 1 aromatic rings. The maximum Gasteiger partial charge on any atom is 0.342 e. The van der Waals surface area contributed by atoms with E-state index in [0.717, 1.165) is 32.1 Å². The Morgan fingerprint density at radius 1 is 1.09 bits per heavy atom. The molecule has 4 heteroatoms. The highest BCUT2D eigenvalue weighted by atomic mass is 16.5. The van der Waals surface area contributed by atoms with Crippen LogP contribution in [0.2, 0.25) is 0 Å². The lowest BCUT2D eigenvalue weighted by atomic mass is 10.0. The number of phenols is 2. The highest BCUT2D eigenvalue weighted by Gasteiger charge is 2.20. The summed E-state index contributed by atoms with van der Waals surface area (Å²) in [6.45, 7) is 1.87. The van der Waals surface area contributed by atoms with Crippen LogP contribution in [0.15, 0.2) is 18.2 Å². The Morgan fingerprint density at radius 3 is 2.64 bits per heavy atom. The molecule has 4 nitrogen and oxygen atoms in total. The van der Waals surface area contributed by atoms with E-state index in [-0.39, 0.29) is 23.2 Å². The lowest BCUT2D eigenvalue weighted by molar-refractivity contribution is 0.0316. The number of cyclic esters (lactones) is 1. The van der Waals surface area contributed by atoms with Crippen LogP contribution < -0.4 is 0 Å². The van der Waals surface area contributed by atoms with Crippen LogP contribution in [0.25, 0.3) is 6.08 Å². The van der Waals surface area contributed by atoms with E-state index in [1.165, 1.54) is 25.0 Å². The normalized spacial score (nSPS) is 20.8. The first-order valence-corrected chi connectivity index (χ1v) is 8.01. The number of allylic oxidation sites excluding steroid dienone is 1. The Bertz CT molecular complexity index is 548. The predicted octanol–water partition coefficient (Wildman–Crippen LogP) is 4.40. The maximum absolute atomic E-state index is 12.3. The summed E-state index contributed by atoms with van der Waals surface area (Å²) < 4.78 is 5.43. The number of hydrogen-bond acceptors (Lipinski definition) is 4. The van der Waals surface area contributed by atoms with Gasteiger partial charge in [-0.2, -0.15) is 0 Å². The van der Waals surface area contributed by atoms with Crippen molar-refractivity contribution < 1.29 is 19.7 Å². The molecular weight excluding hydrogens is 280 g/mol. The van der Waals surface area contributed by atoms with Crippen LogP contribution in [-0.4, -0.2) is 22.3 Å². The third-order valence-corrected chi connectivity index (χ3v) is 3.92. The first-order valence-electron chi connectivity index (χ1n) is 8.01. The van der Waals surface area contributed by atoms with Crippen molar-refractivity contribution in [3.05, 3.63) is 29.3 Å². The number of aromatic hydroxyl groups is 2. The molecule has 1 unspecified atom stereocenters. The summed E-state index contributed by atoms with van der Waals surface area (Å²) in [6, 6.07) is 2.64. The van der Waals surface area contributed by atoms with Crippen LogP contribution >= 0.6 is 0 Å². The molecule has 0 radical (unpaired) electrons. The molecule has 22 heavy (non-hydrogen) atoms. The molecule has 0 aliphatic carbocycles. The topological polar surface area (TPSA) is 66.8 Å². The van der Waals surface area contributed by atoms with Gasteiger partial charge in [0.25, 0.3) is 0 Å². The average molecular weight is 304 g/mol. The minimum atomic E-state index is -0.540. The van der Waals surface area contributed by atoms with E-state index in [1.54, 1.807) is 6.08 Å². The highest BCUT2D eigenvalue weighted by molar-refractivity contribution is 5.97. The molecule has 0 spiro atoms. The number of carbonyl (C=O) groups is 1. The summed E-state index contributed by atoms with van der Waals surface area (Å²) in [5, 5.41) is 19.6. The summed E-state index contributed by atoms with van der Waals surface area (Å²) in [5.41, 5.74) is 0.615. The second kappa shape index (κ2) is 7.87. The van der Waals surface area contributed by atoms with E-state index in [9.17, 15) is 15.0 Å². The highest BCUT2D eigenvalue weighted by Crippen LogP contribution is 2.30. The van der Waals surface area contributed by atoms with E-state index in [4.69, 9.17) is 4.74 Å². The van der Waals surface area contributed by atoms with Crippen LogP contribution in [0.3, 0.4) is 0 Å². The van der Waals surface area contributed by atoms with E-state index >= 15 is 0 Å². The zero-order valence-corrected chi connectivity index (χ0v) is 13.0. The van der Waals surface area contributed by atoms with Crippen molar-refractivity contribution in [1.82, 2.24) is 0 Å². The fourth-order valence-corrected chi connectivity index (χ4v) is 2.72. The monoisotopic (exact) mass is 304 g/mol. The summed E-state index contributed by atoms with van der Waals surface area (Å²) in [6.07, 6.45) is 11.0. The fourth-order valence-electron chi connectivity index (χ4n) is 2.72. The number of esters is 1. The van der Waals surface area contributed by atoms with Gasteiger partial charge in [-0.3, -0.25) is 0 Å². The number of carbonyl (C=O) groups excluding carboxylic acids is 1. The Kier molecular flexibility index (Phi) is 5.87. The second-order valence-corrected chi connectivity index (χ2v) is 5.89. The Hall–Kier alpha value is -1.97. The standard InChI is InChI=1S/C18H24O4/c1-13-9-7-5-3-2-4-6-8-10-14-11-15(19)12-16(20)17(14)18(21)22-13/h8,10-13,19-20H,2-7,9H2,1H3. The number of hydrogen-bond donors (Lipinski definition) is 2. The minimum absolute atomic E-state index is 0.0668. The summed E-state index contributed by atoms with van der Waals surface area (Å²) in [7, 11) is 0. The third kappa shape index (κ3) is 4.52. The molecule has 1 heterocycles. The van der Waals surface area contributed by atoms with Crippen LogP contribution in [0.4, 0.5) is 0 Å². The van der Waals surface area contributed by atoms with Crippen molar-refractivity contribution in [2.75, 3.05) is 0 Å². The predicted molar refractivity (Wildman–Crippen MR) is 86.0 cm³/mol. The molecule has 0 bridgehead atoms. The first kappa shape index (κ1) is 16.4. The van der Waals surface area contributed by atoms with Gasteiger partial charge in [-0.1, -0.05) is 31.4 Å². The molecule has 1 atom stereocenters. The molecule has 0 fully saturated rings. The van der Waals surface area contributed by atoms with Gasteiger partial charge in [0.2, 0.25) is 0 Å². The number of ether oxygens (including phenoxy) is 1. The van der Waals surface area contributed by atoms with E-state index in [1.807, 2.05) is 13.0 Å². The zero-order chi connectivity index (χ0) is 15.9. The SMILES string of the molecule is CC1CCCCCCCC=Cc2cc(O)cc(O)c2C(=O)O1. The lowest BCUT2D eigenvalue weighted by Gasteiger charge is -2.15. The molecule has 120 valence electrons. The van der Waals surface area contributed by atoms with Crippen molar-refractivity contribution in [2.24, 2.45) is 0 Å². The average Bonchev–Trinajstić information content (AvgIpc) is 2.43. The molecule has 0 saturated carbocycles. The van der Waals surface area contributed by atoms with Gasteiger partial charge in [-0.15, -0.1) is 0 Å². The number of rotatable bonds is 0. The molecule has 0 amide bonds. The first-order chi connectivity index (χ1) is 10.6. The van der Waals surface area contributed by atoms with Gasteiger partial charge in [0.15, 0.2) is 0 Å². The van der Waals surface area contributed by atoms with Crippen molar-refractivity contribution >= 4 is 12.0 Å². The molecule has 2 N–H and O–H groups in total. The van der Waals surface area contributed by atoms with Gasteiger partial charge in [0.1, 0.15) is 17.1 Å². The zero-order valence-electron chi connectivity index (χ0n) is 13.0. The largest absolute Gasteiger partial charge is 0.508 e. The van der Waals surface area contributed by atoms with Gasteiger partial charge in [0.05, 0.1) is 6.10 Å². The van der Waals surface area contributed by atoms with Gasteiger partial charge < -0.3 is 14.9 Å². The lowest BCUT2D eigenvalue weighted by Crippen LogP contribution is -2.16. The maximum atomic E-state index is 12.3. The van der Waals surface area contributed by atoms with Gasteiger partial charge in [-0.25, -0.2) is 4.79 Å². The Morgan fingerprint density at radius 2 is 1.82 bits per heavy atom. The van der Waals surface area contributed by atoms with Crippen LogP contribution in [0, 0.1) is 0 Å². The summed E-state index contributed by atoms with van der Waals surface area (Å²) >= 11 is 0. The van der Waals surface area contributed by atoms with E-state index < -0.39 is 5.97 Å². The Labute approximate surface area is 131 Å². The quantitative estimate of drug-likeness (QED) is 0.697. The van der Waals surface area contributed by atoms with E-state index in [2.05, 4.69) is 0 Å². The van der Waals surface area contributed by atoms with Crippen LogP contribution in [-0.2, 0) is 4.74 Å². The molecule has 1 aromatic carbocycles. The summed E-state index contributed by atoms with van der Waals surface area (Å²) in [4.78, 5) is 12.3. The van der Waals surface area contributed by atoms with Gasteiger partial charge >= 0.3 is 5.97 Å². The number of fused-ring (bicyclic) bond motifs is 1. The molecule has 0 saturated heterocycles. The molecule has 1 aliphatic heterocycles. The van der Waals surface area contributed by atoms with Crippen molar-refractivity contribution in [2.45, 2.75) is 58.0 Å². The Balaban J connectivity index is 2.30. The van der Waals surface area contributed by atoms with E-state index in [0.29, 0.717) is 5.56 Å². The molecule has 2 rings (SSSR count). The van der Waals surface area contributed by atoms with Crippen molar-refractivity contribution in [3.8, 4) is 11.5 Å². The third-order valence-electron chi connectivity index (χ3n) is 3.92. The number of phenolic OH excluding ortho intramolecular Hbond substituents is 2. The van der Waals surface area contributed by atoms with Crippen molar-refractivity contribution in [1.29, 1.82) is 0 Å². The van der Waals surface area contributed by atoms with Crippen molar-refractivity contribution in [3.63, 3.8) is 0 Å². The second-order valence-electron chi connectivity index (χ2n) is 5.89. The van der Waals surface area contributed by atoms with Crippen LogP contribution in [0.5, 0.6) is 11.5 Å². The van der Waals surface area contributed by atoms with Gasteiger partial charge in [0, 0.05) is 6.07 Å².